The van der Waals surface area contributed by atoms with Gasteiger partial charge in [-0.2, -0.15) is 0 Å². The lowest BCUT2D eigenvalue weighted by molar-refractivity contribution is -0.197. The van der Waals surface area contributed by atoms with Crippen LogP contribution in [0.4, 0.5) is 4.39 Å². The number of nitrogens with one attached hydrogen (secondary N) is 2. The van der Waals surface area contributed by atoms with Crippen LogP contribution < -0.4 is 10.6 Å². The Labute approximate surface area is 236 Å². The molecule has 6 rings (SSSR count). The maximum absolute atomic E-state index is 15.8. The predicted octanol–water partition coefficient (Wildman–Crippen LogP) is 0.321. The first-order chi connectivity index (χ1) is 19.6. The number of fused-ring (bicyclic) bond motifs is 2. The molecule has 2 saturated carbocycles. The fraction of sp³-hybridized carbons (Fsp3) is 0.862. The minimum Gasteiger partial charge on any atom is -0.379 e. The van der Waals surface area contributed by atoms with Crippen LogP contribution in [0, 0.1) is 5.92 Å². The van der Waals surface area contributed by atoms with E-state index in [2.05, 4.69) is 25.3 Å². The van der Waals surface area contributed by atoms with Crippen LogP contribution in [0.1, 0.15) is 38.5 Å². The molecule has 1 amide bonds. The summed E-state index contributed by atoms with van der Waals surface area (Å²) in [5.74, 6) is -1.13. The largest absolute Gasteiger partial charge is 0.379 e. The third kappa shape index (κ3) is 6.10. The molecule has 2 N–H and O–H groups in total. The van der Waals surface area contributed by atoms with Gasteiger partial charge in [0.25, 0.3) is 5.91 Å². The number of ketones is 1. The number of carbonyl (C=O) groups is 2. The minimum absolute atomic E-state index is 0.00761. The summed E-state index contributed by atoms with van der Waals surface area (Å²) in [6.45, 7) is 9.47. The molecule has 4 aliphatic heterocycles. The number of rotatable bonds is 9. The van der Waals surface area contributed by atoms with E-state index in [4.69, 9.17) is 14.2 Å². The number of amides is 1. The number of halogens is 1. The van der Waals surface area contributed by atoms with Gasteiger partial charge in [0, 0.05) is 57.9 Å². The summed E-state index contributed by atoms with van der Waals surface area (Å²) >= 11 is 0. The first-order valence-corrected chi connectivity index (χ1v) is 15.5. The summed E-state index contributed by atoms with van der Waals surface area (Å²) in [4.78, 5) is 33.9. The molecule has 224 valence electrons. The topological polar surface area (TPSA) is 95.6 Å². The van der Waals surface area contributed by atoms with E-state index in [0.29, 0.717) is 13.1 Å². The minimum atomic E-state index is -1.21. The monoisotopic (exact) mass is 563 g/mol. The molecule has 11 heteroatoms. The average Bonchev–Trinajstić information content (AvgIpc) is 2.99. The Kier molecular flexibility index (Phi) is 9.35. The van der Waals surface area contributed by atoms with E-state index in [-0.39, 0.29) is 41.9 Å². The van der Waals surface area contributed by atoms with Crippen molar-refractivity contribution in [2.45, 2.75) is 75.0 Å². The smallest absolute Gasteiger partial charge is 0.256 e. The molecule has 5 fully saturated rings. The Morgan fingerprint density at radius 3 is 2.42 bits per heavy atom. The molecule has 0 aromatic carbocycles. The average molecular weight is 564 g/mol. The van der Waals surface area contributed by atoms with Crippen LogP contribution >= 0.6 is 0 Å². The van der Waals surface area contributed by atoms with Gasteiger partial charge in [0.05, 0.1) is 62.3 Å². The molecule has 3 saturated heterocycles. The highest BCUT2D eigenvalue weighted by Crippen LogP contribution is 2.45. The van der Waals surface area contributed by atoms with Crippen molar-refractivity contribution < 1.29 is 28.2 Å². The van der Waals surface area contributed by atoms with Crippen molar-refractivity contribution in [3.63, 3.8) is 0 Å². The summed E-state index contributed by atoms with van der Waals surface area (Å²) < 4.78 is 33.4. The second kappa shape index (κ2) is 13.1. The number of hydrogen-bond donors (Lipinski definition) is 2. The van der Waals surface area contributed by atoms with E-state index >= 15 is 4.39 Å². The Morgan fingerprint density at radius 2 is 1.68 bits per heavy atom. The predicted molar refractivity (Wildman–Crippen MR) is 147 cm³/mol. The fourth-order valence-electron chi connectivity index (χ4n) is 7.63. The molecule has 0 radical (unpaired) electrons. The van der Waals surface area contributed by atoms with Crippen LogP contribution in [0.2, 0.25) is 0 Å². The highest BCUT2D eigenvalue weighted by Gasteiger charge is 2.58. The molecule has 6 aliphatic rings. The molecule has 0 aromatic rings. The van der Waals surface area contributed by atoms with Crippen LogP contribution in [0.3, 0.4) is 0 Å². The molecular formula is C29H46FN5O5. The van der Waals surface area contributed by atoms with E-state index in [9.17, 15) is 9.59 Å². The summed E-state index contributed by atoms with van der Waals surface area (Å²) in [5.41, 5.74) is 0.184. The first kappa shape index (κ1) is 28.5. The Morgan fingerprint density at radius 1 is 0.975 bits per heavy atom. The maximum atomic E-state index is 15.8. The number of hydrogen-bond acceptors (Lipinski definition) is 9. The van der Waals surface area contributed by atoms with Crippen molar-refractivity contribution in [3.05, 3.63) is 11.8 Å². The molecule has 0 aromatic heterocycles. The van der Waals surface area contributed by atoms with Crippen molar-refractivity contribution in [1.29, 1.82) is 0 Å². The normalized spacial score (nSPS) is 36.9. The van der Waals surface area contributed by atoms with Crippen LogP contribution in [0.5, 0.6) is 0 Å². The fourth-order valence-corrected chi connectivity index (χ4v) is 7.63. The van der Waals surface area contributed by atoms with E-state index < -0.39 is 24.2 Å². The lowest BCUT2D eigenvalue weighted by Gasteiger charge is -2.59. The number of ether oxygens (including phenoxy) is 3. The summed E-state index contributed by atoms with van der Waals surface area (Å²) in [6, 6.07) is -0.582. The Bertz CT molecular complexity index is 926. The molecule has 0 spiro atoms. The van der Waals surface area contributed by atoms with Crippen molar-refractivity contribution in [1.82, 2.24) is 25.3 Å². The maximum Gasteiger partial charge on any atom is 0.256 e. The third-order valence-corrected chi connectivity index (χ3v) is 9.78. The zero-order valence-corrected chi connectivity index (χ0v) is 23.6. The number of morpholine rings is 3. The molecule has 10 nitrogen and oxygen atoms in total. The van der Waals surface area contributed by atoms with Crippen LogP contribution in [-0.4, -0.2) is 142 Å². The Balaban J connectivity index is 1.13. The van der Waals surface area contributed by atoms with Crippen molar-refractivity contribution >= 4 is 11.7 Å². The number of alkyl halides is 1. The van der Waals surface area contributed by atoms with Crippen molar-refractivity contribution in [2.75, 3.05) is 78.8 Å². The van der Waals surface area contributed by atoms with Gasteiger partial charge in [0.1, 0.15) is 6.17 Å². The molecule has 0 bridgehead atoms. The van der Waals surface area contributed by atoms with Gasteiger partial charge in [-0.1, -0.05) is 12.8 Å². The van der Waals surface area contributed by atoms with E-state index in [0.717, 1.165) is 97.8 Å². The summed E-state index contributed by atoms with van der Waals surface area (Å²) in [5, 5.41) is 6.46. The number of Topliss-reactive ketones (excluding diaryl/α,β-unsaturated/α-hetero) is 1. The van der Waals surface area contributed by atoms with Crippen LogP contribution in [-0.2, 0) is 23.8 Å². The van der Waals surface area contributed by atoms with Gasteiger partial charge in [-0.15, -0.1) is 0 Å². The zero-order valence-electron chi connectivity index (χ0n) is 23.6. The van der Waals surface area contributed by atoms with E-state index in [1.165, 1.54) is 0 Å². The lowest BCUT2D eigenvalue weighted by atomic mass is 9.69. The third-order valence-electron chi connectivity index (χ3n) is 9.78. The zero-order chi connectivity index (χ0) is 27.5. The molecule has 7 unspecified atom stereocenters. The summed E-state index contributed by atoms with van der Waals surface area (Å²) in [7, 11) is 0. The van der Waals surface area contributed by atoms with Crippen molar-refractivity contribution in [3.8, 4) is 0 Å². The van der Waals surface area contributed by atoms with Crippen molar-refractivity contribution in [2.24, 2.45) is 5.92 Å². The lowest BCUT2D eigenvalue weighted by Crippen LogP contribution is -2.73. The van der Waals surface area contributed by atoms with Gasteiger partial charge in [-0.25, -0.2) is 4.39 Å². The second-order valence-electron chi connectivity index (χ2n) is 12.2. The van der Waals surface area contributed by atoms with Gasteiger partial charge >= 0.3 is 0 Å². The van der Waals surface area contributed by atoms with E-state index in [1.807, 2.05) is 6.20 Å². The SMILES string of the molecule is O=C(NCCCN1CCOCC1)C1=CN2C3CCCCC3OC3C(NCCN4CCOCC4)C(F)CC(C1=O)C32. The highest BCUT2D eigenvalue weighted by atomic mass is 19.1. The molecule has 2 aliphatic carbocycles. The van der Waals surface area contributed by atoms with Crippen LogP contribution in [0.25, 0.3) is 0 Å². The quantitative estimate of drug-likeness (QED) is 0.304. The Hall–Kier alpha value is -1.63. The second-order valence-corrected chi connectivity index (χ2v) is 12.2. The molecule has 40 heavy (non-hydrogen) atoms. The summed E-state index contributed by atoms with van der Waals surface area (Å²) in [6.07, 6.45) is 5.18. The highest BCUT2D eigenvalue weighted by molar-refractivity contribution is 6.20. The van der Waals surface area contributed by atoms with Crippen LogP contribution in [0.15, 0.2) is 11.8 Å². The molecule has 7 atom stereocenters. The van der Waals surface area contributed by atoms with Gasteiger partial charge in [0.2, 0.25) is 0 Å². The van der Waals surface area contributed by atoms with Gasteiger partial charge in [-0.3, -0.25) is 19.4 Å². The van der Waals surface area contributed by atoms with Gasteiger partial charge in [-0.05, 0) is 32.2 Å². The molecular weight excluding hydrogens is 517 g/mol. The van der Waals surface area contributed by atoms with Gasteiger partial charge in [0.15, 0.2) is 5.78 Å². The number of nitrogens with zero attached hydrogens (tertiary/aromatic N) is 3. The van der Waals surface area contributed by atoms with E-state index in [1.54, 1.807) is 0 Å². The molecule has 4 heterocycles. The standard InChI is InChI=1S/C29H46FN5O5/c30-22-18-20-26-28(25(22)31-7-9-34-12-16-39-17-13-34)40-24-5-2-1-4-23(24)35(26)19-21(27(20)36)29(37)32-6-3-8-33-10-14-38-15-11-33/h19-20,22-26,28,31H,1-18H2,(H,32,37). The van der Waals surface area contributed by atoms with Gasteiger partial charge < -0.3 is 29.7 Å². The first-order valence-electron chi connectivity index (χ1n) is 15.5. The number of carbonyl (C=O) groups excluding carboxylic acids is 2.